The molecule has 0 aliphatic rings. The number of halogens is 2. The molecule has 19 heavy (non-hydrogen) atoms. The SMILES string of the molecule is Cc1cc(Cl)ccc1C(=O)Nc1cc(N)cc(F)c1. The number of carbonyl (C=O) groups excluding carboxylic acids is 1. The van der Waals surface area contributed by atoms with Crippen LogP contribution < -0.4 is 11.1 Å². The standard InChI is InChI=1S/C14H12ClFN2O/c1-8-4-9(15)2-3-13(8)14(19)18-12-6-10(16)5-11(17)7-12/h2-7H,17H2,1H3,(H,18,19). The zero-order valence-corrected chi connectivity index (χ0v) is 11.0. The molecule has 0 bridgehead atoms. The van der Waals surface area contributed by atoms with Crippen molar-refractivity contribution < 1.29 is 9.18 Å². The molecule has 2 rings (SSSR count). The zero-order valence-electron chi connectivity index (χ0n) is 10.2. The van der Waals surface area contributed by atoms with Crippen LogP contribution in [-0.4, -0.2) is 5.91 Å². The van der Waals surface area contributed by atoms with Crippen LogP contribution >= 0.6 is 11.6 Å². The topological polar surface area (TPSA) is 55.1 Å². The van der Waals surface area contributed by atoms with Gasteiger partial charge in [-0.25, -0.2) is 4.39 Å². The van der Waals surface area contributed by atoms with E-state index in [1.54, 1.807) is 25.1 Å². The maximum atomic E-state index is 13.2. The molecule has 1 amide bonds. The highest BCUT2D eigenvalue weighted by Crippen LogP contribution is 2.19. The molecule has 0 saturated carbocycles. The minimum Gasteiger partial charge on any atom is -0.399 e. The van der Waals surface area contributed by atoms with Crippen molar-refractivity contribution in [3.05, 3.63) is 58.4 Å². The molecule has 98 valence electrons. The molecule has 0 fully saturated rings. The van der Waals surface area contributed by atoms with Crippen LogP contribution in [0.15, 0.2) is 36.4 Å². The van der Waals surface area contributed by atoms with Crippen molar-refractivity contribution in [3.8, 4) is 0 Å². The molecule has 0 aliphatic carbocycles. The Balaban J connectivity index is 2.25. The minimum absolute atomic E-state index is 0.253. The molecular weight excluding hydrogens is 267 g/mol. The quantitative estimate of drug-likeness (QED) is 0.824. The first kappa shape index (κ1) is 13.4. The first-order valence-corrected chi connectivity index (χ1v) is 5.97. The Bertz CT molecular complexity index is 623. The second kappa shape index (κ2) is 5.28. The van der Waals surface area contributed by atoms with E-state index < -0.39 is 5.82 Å². The third kappa shape index (κ3) is 3.23. The maximum absolute atomic E-state index is 13.2. The van der Waals surface area contributed by atoms with Crippen molar-refractivity contribution in [1.29, 1.82) is 0 Å². The van der Waals surface area contributed by atoms with E-state index in [0.29, 0.717) is 16.3 Å². The monoisotopic (exact) mass is 278 g/mol. The van der Waals surface area contributed by atoms with Crippen LogP contribution in [0.2, 0.25) is 5.02 Å². The molecule has 0 aromatic heterocycles. The normalized spacial score (nSPS) is 10.3. The van der Waals surface area contributed by atoms with Crippen molar-refractivity contribution in [3.63, 3.8) is 0 Å². The van der Waals surface area contributed by atoms with Gasteiger partial charge in [-0.2, -0.15) is 0 Å². The molecule has 0 atom stereocenters. The molecule has 0 aliphatic heterocycles. The summed E-state index contributed by atoms with van der Waals surface area (Å²) in [7, 11) is 0. The van der Waals surface area contributed by atoms with Crippen molar-refractivity contribution in [2.75, 3.05) is 11.1 Å². The van der Waals surface area contributed by atoms with E-state index in [4.69, 9.17) is 17.3 Å². The average molecular weight is 279 g/mol. The Morgan fingerprint density at radius 1 is 1.26 bits per heavy atom. The molecule has 0 spiro atoms. The molecule has 0 radical (unpaired) electrons. The lowest BCUT2D eigenvalue weighted by Crippen LogP contribution is -2.13. The maximum Gasteiger partial charge on any atom is 0.255 e. The number of benzene rings is 2. The molecule has 0 heterocycles. The predicted molar refractivity (Wildman–Crippen MR) is 75.0 cm³/mol. The number of hydrogen-bond acceptors (Lipinski definition) is 2. The second-order valence-electron chi connectivity index (χ2n) is 4.19. The van der Waals surface area contributed by atoms with E-state index in [0.717, 1.165) is 5.56 Å². The number of anilines is 2. The summed E-state index contributed by atoms with van der Waals surface area (Å²) in [6, 6.07) is 8.82. The molecule has 2 aromatic rings. The highest BCUT2D eigenvalue weighted by Gasteiger charge is 2.10. The van der Waals surface area contributed by atoms with Gasteiger partial charge in [0.2, 0.25) is 0 Å². The lowest BCUT2D eigenvalue weighted by atomic mass is 10.1. The summed E-state index contributed by atoms with van der Waals surface area (Å²) in [4.78, 5) is 12.1. The van der Waals surface area contributed by atoms with E-state index in [2.05, 4.69) is 5.32 Å². The van der Waals surface area contributed by atoms with Crippen LogP contribution in [0.5, 0.6) is 0 Å². The van der Waals surface area contributed by atoms with Crippen molar-refractivity contribution in [2.24, 2.45) is 0 Å². The van der Waals surface area contributed by atoms with Gasteiger partial charge in [-0.05, 0) is 48.9 Å². The summed E-state index contributed by atoms with van der Waals surface area (Å²) >= 11 is 5.83. The van der Waals surface area contributed by atoms with Gasteiger partial charge < -0.3 is 11.1 Å². The third-order valence-electron chi connectivity index (χ3n) is 2.61. The van der Waals surface area contributed by atoms with E-state index >= 15 is 0 Å². The molecule has 0 unspecified atom stereocenters. The molecule has 3 N–H and O–H groups in total. The fourth-order valence-corrected chi connectivity index (χ4v) is 1.99. The number of carbonyl (C=O) groups is 1. The number of nitrogen functional groups attached to an aromatic ring is 1. The van der Waals surface area contributed by atoms with Gasteiger partial charge in [0.05, 0.1) is 0 Å². The van der Waals surface area contributed by atoms with Crippen LogP contribution in [0.4, 0.5) is 15.8 Å². The third-order valence-corrected chi connectivity index (χ3v) is 2.85. The number of aryl methyl sites for hydroxylation is 1. The van der Waals surface area contributed by atoms with Gasteiger partial charge >= 0.3 is 0 Å². The van der Waals surface area contributed by atoms with Gasteiger partial charge in [0.1, 0.15) is 5.82 Å². The lowest BCUT2D eigenvalue weighted by molar-refractivity contribution is 0.102. The minimum atomic E-state index is -0.497. The second-order valence-corrected chi connectivity index (χ2v) is 4.62. The van der Waals surface area contributed by atoms with Crippen LogP contribution in [0, 0.1) is 12.7 Å². The van der Waals surface area contributed by atoms with Crippen LogP contribution in [0.1, 0.15) is 15.9 Å². The summed E-state index contributed by atoms with van der Waals surface area (Å²) in [5.74, 6) is -0.831. The van der Waals surface area contributed by atoms with Crippen molar-refractivity contribution >= 4 is 28.9 Å². The Morgan fingerprint density at radius 2 is 2.00 bits per heavy atom. The number of nitrogens with two attached hydrogens (primary N) is 1. The van der Waals surface area contributed by atoms with Crippen molar-refractivity contribution in [1.82, 2.24) is 0 Å². The van der Waals surface area contributed by atoms with Gasteiger partial charge in [-0.3, -0.25) is 4.79 Å². The molecule has 5 heteroatoms. The lowest BCUT2D eigenvalue weighted by Gasteiger charge is -2.08. The molecular formula is C14H12ClFN2O. The highest BCUT2D eigenvalue weighted by atomic mass is 35.5. The van der Waals surface area contributed by atoms with Crippen LogP contribution in [-0.2, 0) is 0 Å². The average Bonchev–Trinajstić information content (AvgIpc) is 2.26. The van der Waals surface area contributed by atoms with Crippen molar-refractivity contribution in [2.45, 2.75) is 6.92 Å². The van der Waals surface area contributed by atoms with E-state index in [1.165, 1.54) is 18.2 Å². The largest absolute Gasteiger partial charge is 0.399 e. The first-order chi connectivity index (χ1) is 8.95. The highest BCUT2D eigenvalue weighted by molar-refractivity contribution is 6.30. The van der Waals surface area contributed by atoms with E-state index in [1.807, 2.05) is 0 Å². The summed E-state index contributed by atoms with van der Waals surface area (Å²) in [5, 5.41) is 3.16. The Hall–Kier alpha value is -2.07. The van der Waals surface area contributed by atoms with Gasteiger partial charge in [0, 0.05) is 22.0 Å². The predicted octanol–water partition coefficient (Wildman–Crippen LogP) is 3.62. The number of amides is 1. The van der Waals surface area contributed by atoms with Crippen LogP contribution in [0.3, 0.4) is 0 Å². The number of rotatable bonds is 2. The fraction of sp³-hybridized carbons (Fsp3) is 0.0714. The van der Waals surface area contributed by atoms with Gasteiger partial charge in [-0.15, -0.1) is 0 Å². The summed E-state index contributed by atoms with van der Waals surface area (Å²) in [5.41, 5.74) is 7.31. The van der Waals surface area contributed by atoms with E-state index in [-0.39, 0.29) is 11.6 Å². The van der Waals surface area contributed by atoms with Gasteiger partial charge in [0.15, 0.2) is 0 Å². The molecule has 2 aromatic carbocycles. The van der Waals surface area contributed by atoms with Crippen LogP contribution in [0.25, 0.3) is 0 Å². The fourth-order valence-electron chi connectivity index (χ4n) is 1.76. The summed E-state index contributed by atoms with van der Waals surface area (Å²) in [6.07, 6.45) is 0. The zero-order chi connectivity index (χ0) is 14.0. The van der Waals surface area contributed by atoms with E-state index in [9.17, 15) is 9.18 Å². The number of hydrogen-bond donors (Lipinski definition) is 2. The Morgan fingerprint density at radius 3 is 2.63 bits per heavy atom. The first-order valence-electron chi connectivity index (χ1n) is 5.59. The Labute approximate surface area is 115 Å². The molecule has 0 saturated heterocycles. The molecule has 3 nitrogen and oxygen atoms in total. The Kier molecular flexibility index (Phi) is 3.71. The smallest absolute Gasteiger partial charge is 0.255 e. The summed E-state index contributed by atoms with van der Waals surface area (Å²) < 4.78 is 13.2. The van der Waals surface area contributed by atoms with Gasteiger partial charge in [0.25, 0.3) is 5.91 Å². The van der Waals surface area contributed by atoms with Gasteiger partial charge in [-0.1, -0.05) is 11.6 Å². The number of nitrogens with one attached hydrogen (secondary N) is 1. The summed E-state index contributed by atoms with van der Waals surface area (Å²) in [6.45, 7) is 1.78.